The van der Waals surface area contributed by atoms with Gasteiger partial charge in [0.1, 0.15) is 23.3 Å². The molecule has 2 aromatic rings. The number of hydrogen-bond acceptors (Lipinski definition) is 5. The van der Waals surface area contributed by atoms with Crippen molar-refractivity contribution < 1.29 is 9.18 Å². The summed E-state index contributed by atoms with van der Waals surface area (Å²) in [5.74, 6) is 2.38. The number of piperazine rings is 1. The van der Waals surface area contributed by atoms with Gasteiger partial charge >= 0.3 is 6.03 Å². The molecule has 2 aliphatic rings. The molecule has 2 fully saturated rings. The minimum Gasteiger partial charge on any atom is -0.356 e. The Labute approximate surface area is 164 Å². The molecule has 0 unspecified atom stereocenters. The van der Waals surface area contributed by atoms with Crippen molar-refractivity contribution in [3.63, 3.8) is 0 Å². The maximum atomic E-state index is 13.0. The van der Waals surface area contributed by atoms with Crippen LogP contribution in [0, 0.1) is 12.7 Å². The van der Waals surface area contributed by atoms with Crippen molar-refractivity contribution >= 4 is 23.4 Å². The van der Waals surface area contributed by atoms with Gasteiger partial charge in [-0.2, -0.15) is 0 Å². The zero-order valence-corrected chi connectivity index (χ0v) is 16.1. The smallest absolute Gasteiger partial charge is 0.321 e. The van der Waals surface area contributed by atoms with E-state index in [1.54, 1.807) is 17.0 Å². The molecule has 0 aliphatic carbocycles. The van der Waals surface area contributed by atoms with Crippen LogP contribution in [-0.4, -0.2) is 60.2 Å². The first-order chi connectivity index (χ1) is 13.6. The van der Waals surface area contributed by atoms with Crippen LogP contribution in [0.1, 0.15) is 18.7 Å². The van der Waals surface area contributed by atoms with Crippen molar-refractivity contribution in [2.45, 2.75) is 19.8 Å². The number of nitrogens with zero attached hydrogens (tertiary/aromatic N) is 5. The summed E-state index contributed by atoms with van der Waals surface area (Å²) in [7, 11) is 0. The number of hydrogen-bond donors (Lipinski definition) is 1. The number of urea groups is 1. The summed E-state index contributed by atoms with van der Waals surface area (Å²) in [4.78, 5) is 27.9. The molecule has 2 aliphatic heterocycles. The van der Waals surface area contributed by atoms with Crippen molar-refractivity contribution in [2.75, 3.05) is 54.4 Å². The number of carbonyl (C=O) groups is 1. The molecule has 0 radical (unpaired) electrons. The van der Waals surface area contributed by atoms with Gasteiger partial charge in [-0.05, 0) is 44.0 Å². The number of amides is 2. The fourth-order valence-corrected chi connectivity index (χ4v) is 3.68. The van der Waals surface area contributed by atoms with Crippen LogP contribution in [0.5, 0.6) is 0 Å². The number of rotatable bonds is 3. The van der Waals surface area contributed by atoms with E-state index in [9.17, 15) is 9.18 Å². The Morgan fingerprint density at radius 2 is 1.50 bits per heavy atom. The van der Waals surface area contributed by atoms with Gasteiger partial charge in [0, 0.05) is 51.0 Å². The molecule has 1 N–H and O–H groups in total. The lowest BCUT2D eigenvalue weighted by Gasteiger charge is -2.35. The van der Waals surface area contributed by atoms with Gasteiger partial charge in [-0.3, -0.25) is 0 Å². The van der Waals surface area contributed by atoms with Crippen LogP contribution in [0.15, 0.2) is 30.3 Å². The van der Waals surface area contributed by atoms with Crippen molar-refractivity contribution in [1.82, 2.24) is 14.9 Å². The highest BCUT2D eigenvalue weighted by atomic mass is 19.1. The average Bonchev–Trinajstić information content (AvgIpc) is 3.24. The Bertz CT molecular complexity index is 829. The number of aryl methyl sites for hydroxylation is 1. The van der Waals surface area contributed by atoms with Crippen molar-refractivity contribution in [3.8, 4) is 0 Å². The predicted molar refractivity (Wildman–Crippen MR) is 107 cm³/mol. The highest BCUT2D eigenvalue weighted by Crippen LogP contribution is 2.23. The number of nitrogens with one attached hydrogen (secondary N) is 1. The Morgan fingerprint density at radius 1 is 0.929 bits per heavy atom. The maximum absolute atomic E-state index is 13.0. The van der Waals surface area contributed by atoms with Crippen LogP contribution in [0.2, 0.25) is 0 Å². The predicted octanol–water partition coefficient (Wildman–Crippen LogP) is 2.88. The molecule has 0 spiro atoms. The summed E-state index contributed by atoms with van der Waals surface area (Å²) in [6.07, 6.45) is 2.42. The van der Waals surface area contributed by atoms with Crippen LogP contribution in [0.25, 0.3) is 0 Å². The van der Waals surface area contributed by atoms with E-state index in [-0.39, 0.29) is 11.8 Å². The Morgan fingerprint density at radius 3 is 2.11 bits per heavy atom. The molecule has 7 nitrogen and oxygen atoms in total. The maximum Gasteiger partial charge on any atom is 0.321 e. The number of carbonyl (C=O) groups excluding carboxylic acids is 1. The van der Waals surface area contributed by atoms with Crippen LogP contribution < -0.4 is 15.1 Å². The zero-order chi connectivity index (χ0) is 19.5. The molecule has 4 rings (SSSR count). The second-order valence-corrected chi connectivity index (χ2v) is 7.24. The zero-order valence-electron chi connectivity index (χ0n) is 16.1. The summed E-state index contributed by atoms with van der Waals surface area (Å²) < 4.78 is 13.0. The molecule has 28 heavy (non-hydrogen) atoms. The number of anilines is 3. The largest absolute Gasteiger partial charge is 0.356 e. The quantitative estimate of drug-likeness (QED) is 0.882. The van der Waals surface area contributed by atoms with Crippen LogP contribution in [0.3, 0.4) is 0 Å². The minimum absolute atomic E-state index is 0.164. The van der Waals surface area contributed by atoms with E-state index in [4.69, 9.17) is 0 Å². The molecule has 0 saturated carbocycles. The highest BCUT2D eigenvalue weighted by molar-refractivity contribution is 5.89. The second-order valence-electron chi connectivity index (χ2n) is 7.24. The van der Waals surface area contributed by atoms with Crippen LogP contribution in [0.4, 0.5) is 26.5 Å². The first-order valence-corrected chi connectivity index (χ1v) is 9.75. The molecule has 148 valence electrons. The summed E-state index contributed by atoms with van der Waals surface area (Å²) in [6.45, 7) is 6.67. The third-order valence-corrected chi connectivity index (χ3v) is 5.23. The first-order valence-electron chi connectivity index (χ1n) is 9.75. The van der Waals surface area contributed by atoms with Gasteiger partial charge in [0.2, 0.25) is 0 Å². The summed E-state index contributed by atoms with van der Waals surface area (Å²) >= 11 is 0. The normalized spacial score (nSPS) is 17.1. The molecule has 3 heterocycles. The number of benzene rings is 1. The van der Waals surface area contributed by atoms with E-state index in [1.807, 2.05) is 6.92 Å². The van der Waals surface area contributed by atoms with Gasteiger partial charge in [-0.1, -0.05) is 0 Å². The fourth-order valence-electron chi connectivity index (χ4n) is 3.68. The Balaban J connectivity index is 1.37. The van der Waals surface area contributed by atoms with Crippen molar-refractivity contribution in [2.24, 2.45) is 0 Å². The van der Waals surface area contributed by atoms with E-state index in [0.29, 0.717) is 31.9 Å². The lowest BCUT2D eigenvalue weighted by molar-refractivity contribution is 0.208. The van der Waals surface area contributed by atoms with Gasteiger partial charge in [-0.15, -0.1) is 0 Å². The molecular formula is C20H25FN6O. The summed E-state index contributed by atoms with van der Waals surface area (Å²) in [5, 5.41) is 2.82. The topological polar surface area (TPSA) is 64.6 Å². The lowest BCUT2D eigenvalue weighted by Crippen LogP contribution is -2.50. The Kier molecular flexibility index (Phi) is 5.27. The molecule has 1 aromatic carbocycles. The second kappa shape index (κ2) is 8.00. The molecule has 8 heteroatoms. The SMILES string of the molecule is Cc1nc(N2CCCC2)cc(N2CCN(C(=O)Nc3ccc(F)cc3)CC2)n1. The molecule has 0 bridgehead atoms. The number of aromatic nitrogens is 2. The lowest BCUT2D eigenvalue weighted by atomic mass is 10.3. The summed E-state index contributed by atoms with van der Waals surface area (Å²) in [5.41, 5.74) is 0.593. The molecule has 2 saturated heterocycles. The van der Waals surface area contributed by atoms with Crippen molar-refractivity contribution in [1.29, 1.82) is 0 Å². The van der Waals surface area contributed by atoms with Gasteiger partial charge in [0.25, 0.3) is 0 Å². The van der Waals surface area contributed by atoms with E-state index in [1.165, 1.54) is 25.0 Å². The first kappa shape index (κ1) is 18.5. The molecular weight excluding hydrogens is 359 g/mol. The molecule has 0 atom stereocenters. The monoisotopic (exact) mass is 384 g/mol. The molecule has 1 aromatic heterocycles. The fraction of sp³-hybridized carbons (Fsp3) is 0.450. The van der Waals surface area contributed by atoms with Gasteiger partial charge in [-0.25, -0.2) is 19.2 Å². The Hall–Kier alpha value is -2.90. The molecule has 2 amide bonds. The number of halogens is 1. The van der Waals surface area contributed by atoms with E-state index in [2.05, 4.69) is 31.2 Å². The van der Waals surface area contributed by atoms with Crippen molar-refractivity contribution in [3.05, 3.63) is 42.0 Å². The third-order valence-electron chi connectivity index (χ3n) is 5.23. The van der Waals surface area contributed by atoms with E-state index < -0.39 is 0 Å². The van der Waals surface area contributed by atoms with Gasteiger partial charge < -0.3 is 20.0 Å². The van der Waals surface area contributed by atoms with E-state index >= 15 is 0 Å². The highest BCUT2D eigenvalue weighted by Gasteiger charge is 2.23. The minimum atomic E-state index is -0.319. The summed E-state index contributed by atoms with van der Waals surface area (Å²) in [6, 6.07) is 7.70. The van der Waals surface area contributed by atoms with E-state index in [0.717, 1.165) is 30.5 Å². The third kappa shape index (κ3) is 4.16. The van der Waals surface area contributed by atoms with Gasteiger partial charge in [0.15, 0.2) is 0 Å². The van der Waals surface area contributed by atoms with Gasteiger partial charge in [0.05, 0.1) is 0 Å². The average molecular weight is 384 g/mol. The van der Waals surface area contributed by atoms with Crippen LogP contribution >= 0.6 is 0 Å². The standard InChI is InChI=1S/C20H25FN6O/c1-15-22-18(25-8-2-3-9-25)14-19(23-15)26-10-12-27(13-11-26)20(28)24-17-6-4-16(21)5-7-17/h4-7,14H,2-3,8-13H2,1H3,(H,24,28). The van der Waals surface area contributed by atoms with Crippen LogP contribution in [-0.2, 0) is 0 Å².